The summed E-state index contributed by atoms with van der Waals surface area (Å²) in [5.41, 5.74) is 0. The molecule has 0 fully saturated rings. The van der Waals surface area contributed by atoms with E-state index in [0.717, 1.165) is 51.4 Å². The molecule has 0 aliphatic rings. The molecule has 0 aliphatic carbocycles. The van der Waals surface area contributed by atoms with Crippen molar-refractivity contribution in [3.8, 4) is 0 Å². The number of rotatable bonds is 18. The first kappa shape index (κ1) is 27.3. The van der Waals surface area contributed by atoms with Crippen LogP contribution in [-0.2, 0) is 29.1 Å². The smallest absolute Gasteiger partial charge is 0.308 e. The van der Waals surface area contributed by atoms with E-state index in [1.54, 1.807) is 6.92 Å². The summed E-state index contributed by atoms with van der Waals surface area (Å²) in [5, 5.41) is 9.53. The first-order chi connectivity index (χ1) is 13.1. The number of ether oxygens (including phenoxy) is 3. The standard InChI is InChI=1S/C19H38O8S/c1-4-6-8-10-12-26-19(3,27-13-11-9-7-5-2)16-25-18(21)14-17(20)15-28(22,23)24/h17,20H,4-16H2,1-3H3,(H,22,23,24). The summed E-state index contributed by atoms with van der Waals surface area (Å²) in [5.74, 6) is -2.80. The van der Waals surface area contributed by atoms with E-state index < -0.39 is 40.2 Å². The Labute approximate surface area is 169 Å². The third-order valence-corrected chi connectivity index (χ3v) is 4.92. The third-order valence-electron chi connectivity index (χ3n) is 4.11. The van der Waals surface area contributed by atoms with Gasteiger partial charge in [-0.05, 0) is 19.8 Å². The average Bonchev–Trinajstić information content (AvgIpc) is 2.58. The Morgan fingerprint density at radius 3 is 1.89 bits per heavy atom. The quantitative estimate of drug-likeness (QED) is 0.148. The lowest BCUT2D eigenvalue weighted by Crippen LogP contribution is -2.39. The van der Waals surface area contributed by atoms with Crippen LogP contribution in [0.2, 0.25) is 0 Å². The van der Waals surface area contributed by atoms with E-state index in [4.69, 9.17) is 18.8 Å². The largest absolute Gasteiger partial charge is 0.460 e. The molecule has 0 spiro atoms. The minimum Gasteiger partial charge on any atom is -0.460 e. The zero-order chi connectivity index (χ0) is 21.5. The molecule has 1 unspecified atom stereocenters. The number of unbranched alkanes of at least 4 members (excludes halogenated alkanes) is 6. The van der Waals surface area contributed by atoms with Gasteiger partial charge < -0.3 is 19.3 Å². The molecule has 0 aliphatic heterocycles. The summed E-state index contributed by atoms with van der Waals surface area (Å²) in [7, 11) is -4.36. The molecule has 0 aromatic carbocycles. The Balaban J connectivity index is 4.48. The van der Waals surface area contributed by atoms with Crippen LogP contribution >= 0.6 is 0 Å². The van der Waals surface area contributed by atoms with Crippen LogP contribution in [0, 0.1) is 0 Å². The molecule has 0 amide bonds. The lowest BCUT2D eigenvalue weighted by atomic mass is 10.2. The molecule has 0 rings (SSSR count). The summed E-state index contributed by atoms with van der Waals surface area (Å²) in [6.07, 6.45) is 6.27. The zero-order valence-corrected chi connectivity index (χ0v) is 18.3. The number of hydrogen-bond donors (Lipinski definition) is 2. The van der Waals surface area contributed by atoms with Crippen molar-refractivity contribution in [3.63, 3.8) is 0 Å². The molecule has 28 heavy (non-hydrogen) atoms. The summed E-state index contributed by atoms with van der Waals surface area (Å²) in [6.45, 7) is 6.75. The van der Waals surface area contributed by atoms with Gasteiger partial charge in [0.05, 0.1) is 25.7 Å². The molecule has 168 valence electrons. The Morgan fingerprint density at radius 1 is 0.964 bits per heavy atom. The van der Waals surface area contributed by atoms with E-state index in [1.807, 2.05) is 0 Å². The van der Waals surface area contributed by atoms with E-state index >= 15 is 0 Å². The average molecular weight is 427 g/mol. The summed E-state index contributed by atoms with van der Waals surface area (Å²) in [4.78, 5) is 11.8. The number of aliphatic hydroxyl groups is 1. The van der Waals surface area contributed by atoms with Gasteiger partial charge in [-0.3, -0.25) is 9.35 Å². The normalized spacial score (nSPS) is 13.5. The Hall–Kier alpha value is -0.740. The van der Waals surface area contributed by atoms with Crippen LogP contribution in [0.4, 0.5) is 0 Å². The van der Waals surface area contributed by atoms with Gasteiger partial charge in [0.2, 0.25) is 0 Å². The molecule has 0 saturated heterocycles. The first-order valence-corrected chi connectivity index (χ1v) is 11.8. The lowest BCUT2D eigenvalue weighted by molar-refractivity contribution is -0.249. The number of hydrogen-bond acceptors (Lipinski definition) is 7. The van der Waals surface area contributed by atoms with Gasteiger partial charge in [-0.1, -0.05) is 52.4 Å². The molecule has 0 saturated carbocycles. The highest BCUT2D eigenvalue weighted by atomic mass is 32.2. The van der Waals surface area contributed by atoms with E-state index in [1.165, 1.54) is 0 Å². The number of esters is 1. The topological polar surface area (TPSA) is 119 Å². The summed E-state index contributed by atoms with van der Waals surface area (Å²) >= 11 is 0. The van der Waals surface area contributed by atoms with Gasteiger partial charge in [0.1, 0.15) is 12.4 Å². The maximum absolute atomic E-state index is 11.8. The number of carbonyl (C=O) groups excluding carboxylic acids is 1. The summed E-state index contributed by atoms with van der Waals surface area (Å²) < 4.78 is 46.9. The highest BCUT2D eigenvalue weighted by molar-refractivity contribution is 7.85. The molecular formula is C19H38O8S. The second kappa shape index (κ2) is 15.1. The minimum absolute atomic E-state index is 0.161. The highest BCUT2D eigenvalue weighted by Gasteiger charge is 2.29. The van der Waals surface area contributed by atoms with Crippen molar-refractivity contribution in [1.82, 2.24) is 0 Å². The van der Waals surface area contributed by atoms with Gasteiger partial charge in [0.15, 0.2) is 5.79 Å². The fourth-order valence-electron chi connectivity index (χ4n) is 2.52. The monoisotopic (exact) mass is 426 g/mol. The predicted octanol–water partition coefficient (Wildman–Crippen LogP) is 3.08. The first-order valence-electron chi connectivity index (χ1n) is 10.2. The van der Waals surface area contributed by atoms with Crippen molar-refractivity contribution in [2.45, 2.75) is 90.4 Å². The van der Waals surface area contributed by atoms with Gasteiger partial charge in [-0.2, -0.15) is 8.42 Å². The van der Waals surface area contributed by atoms with E-state index in [-0.39, 0.29) is 6.61 Å². The van der Waals surface area contributed by atoms with Gasteiger partial charge in [-0.15, -0.1) is 0 Å². The molecule has 0 radical (unpaired) electrons. The van der Waals surface area contributed by atoms with Gasteiger partial charge in [0.25, 0.3) is 10.1 Å². The highest BCUT2D eigenvalue weighted by Crippen LogP contribution is 2.17. The fourth-order valence-corrected chi connectivity index (χ4v) is 3.13. The molecule has 9 heteroatoms. The molecule has 2 N–H and O–H groups in total. The van der Waals surface area contributed by atoms with Crippen LogP contribution in [-0.4, -0.2) is 61.5 Å². The fraction of sp³-hybridized carbons (Fsp3) is 0.947. The van der Waals surface area contributed by atoms with Crippen LogP contribution in [0.1, 0.15) is 78.6 Å². The molecular weight excluding hydrogens is 388 g/mol. The van der Waals surface area contributed by atoms with Crippen molar-refractivity contribution in [2.75, 3.05) is 25.6 Å². The van der Waals surface area contributed by atoms with Crippen molar-refractivity contribution in [3.05, 3.63) is 0 Å². The van der Waals surface area contributed by atoms with Crippen molar-refractivity contribution in [1.29, 1.82) is 0 Å². The Kier molecular flexibility index (Phi) is 14.7. The molecule has 1 atom stereocenters. The van der Waals surface area contributed by atoms with Crippen molar-refractivity contribution < 1.29 is 37.1 Å². The maximum atomic E-state index is 11.8. The van der Waals surface area contributed by atoms with Crippen LogP contribution in [0.15, 0.2) is 0 Å². The van der Waals surface area contributed by atoms with E-state index in [0.29, 0.717) is 13.2 Å². The van der Waals surface area contributed by atoms with Crippen LogP contribution in [0.3, 0.4) is 0 Å². The Bertz CT molecular complexity index is 492. The molecule has 8 nitrogen and oxygen atoms in total. The second-order valence-electron chi connectivity index (χ2n) is 7.22. The number of aliphatic hydroxyl groups excluding tert-OH is 1. The van der Waals surface area contributed by atoms with E-state index in [9.17, 15) is 18.3 Å². The summed E-state index contributed by atoms with van der Waals surface area (Å²) in [6, 6.07) is 0. The zero-order valence-electron chi connectivity index (χ0n) is 17.5. The van der Waals surface area contributed by atoms with Crippen LogP contribution in [0.5, 0.6) is 0 Å². The van der Waals surface area contributed by atoms with Crippen LogP contribution < -0.4 is 0 Å². The van der Waals surface area contributed by atoms with Gasteiger partial charge in [-0.25, -0.2) is 0 Å². The third kappa shape index (κ3) is 16.2. The molecule has 0 heterocycles. The number of carbonyl (C=O) groups is 1. The van der Waals surface area contributed by atoms with Crippen LogP contribution in [0.25, 0.3) is 0 Å². The predicted molar refractivity (Wildman–Crippen MR) is 107 cm³/mol. The van der Waals surface area contributed by atoms with Crippen molar-refractivity contribution in [2.24, 2.45) is 0 Å². The van der Waals surface area contributed by atoms with E-state index in [2.05, 4.69) is 13.8 Å². The second-order valence-corrected chi connectivity index (χ2v) is 8.72. The van der Waals surface area contributed by atoms with Crippen molar-refractivity contribution >= 4 is 16.1 Å². The Morgan fingerprint density at radius 2 is 1.46 bits per heavy atom. The van der Waals surface area contributed by atoms with Gasteiger partial charge >= 0.3 is 5.97 Å². The molecule has 0 aromatic heterocycles. The SMILES string of the molecule is CCCCCCOC(C)(COC(=O)CC(O)CS(=O)(=O)O)OCCCCCC. The molecule has 0 bridgehead atoms. The minimum atomic E-state index is -4.36. The lowest BCUT2D eigenvalue weighted by Gasteiger charge is -2.30. The van der Waals surface area contributed by atoms with Gasteiger partial charge in [0, 0.05) is 0 Å². The molecule has 0 aromatic rings. The maximum Gasteiger partial charge on any atom is 0.308 e.